The van der Waals surface area contributed by atoms with Gasteiger partial charge in [0, 0.05) is 24.4 Å². The molecule has 32 heavy (non-hydrogen) atoms. The molecule has 1 unspecified atom stereocenters. The van der Waals surface area contributed by atoms with E-state index in [0.29, 0.717) is 17.5 Å². The number of nitrogens with zero attached hydrogens (tertiary/aromatic N) is 4. The number of anilines is 1. The standard InChI is InChI=1S/C25H27N5O2/c1-5-17(2)19-11-13-22(14-12-19)32-25(31)27-24-18(3)23(20-15-26-29(4)16-20)28-30(24)21-9-7-6-8-10-21/h6-17H,5H2,1-4H3,(H,27,31). The third-order valence-electron chi connectivity index (χ3n) is 5.59. The number of para-hydroxylation sites is 1. The van der Waals surface area contributed by atoms with E-state index in [0.717, 1.165) is 28.9 Å². The first-order chi connectivity index (χ1) is 15.5. The van der Waals surface area contributed by atoms with Crippen LogP contribution < -0.4 is 10.1 Å². The Bertz CT molecular complexity index is 1210. The van der Waals surface area contributed by atoms with E-state index in [4.69, 9.17) is 9.84 Å². The highest BCUT2D eigenvalue weighted by Gasteiger charge is 2.20. The van der Waals surface area contributed by atoms with Crippen molar-refractivity contribution in [3.63, 3.8) is 0 Å². The van der Waals surface area contributed by atoms with Crippen LogP contribution in [0.4, 0.5) is 10.6 Å². The van der Waals surface area contributed by atoms with Crippen LogP contribution >= 0.6 is 0 Å². The van der Waals surface area contributed by atoms with Gasteiger partial charge in [-0.1, -0.05) is 44.2 Å². The second kappa shape index (κ2) is 9.09. The van der Waals surface area contributed by atoms with Gasteiger partial charge in [0.2, 0.25) is 0 Å². The molecule has 0 radical (unpaired) electrons. The van der Waals surface area contributed by atoms with E-state index >= 15 is 0 Å². The lowest BCUT2D eigenvalue weighted by molar-refractivity contribution is 0.215. The minimum absolute atomic E-state index is 0.464. The predicted molar refractivity (Wildman–Crippen MR) is 125 cm³/mol. The maximum absolute atomic E-state index is 12.8. The van der Waals surface area contributed by atoms with Gasteiger partial charge in [0.05, 0.1) is 11.9 Å². The van der Waals surface area contributed by atoms with Crippen LogP contribution in [0.1, 0.15) is 37.3 Å². The molecule has 0 fully saturated rings. The quantitative estimate of drug-likeness (QED) is 0.426. The highest BCUT2D eigenvalue weighted by Crippen LogP contribution is 2.30. The molecular formula is C25H27N5O2. The van der Waals surface area contributed by atoms with E-state index in [9.17, 15) is 4.79 Å². The summed E-state index contributed by atoms with van der Waals surface area (Å²) in [6, 6.07) is 17.3. The summed E-state index contributed by atoms with van der Waals surface area (Å²) >= 11 is 0. The number of benzene rings is 2. The summed E-state index contributed by atoms with van der Waals surface area (Å²) in [5.74, 6) is 1.51. The molecule has 7 nitrogen and oxygen atoms in total. The number of carbonyl (C=O) groups is 1. The average Bonchev–Trinajstić information content (AvgIpc) is 3.37. The molecule has 2 aromatic heterocycles. The fourth-order valence-corrected chi connectivity index (χ4v) is 3.55. The van der Waals surface area contributed by atoms with Gasteiger partial charge in [0.1, 0.15) is 17.3 Å². The Morgan fingerprint density at radius 3 is 2.47 bits per heavy atom. The lowest BCUT2D eigenvalue weighted by atomic mass is 9.99. The van der Waals surface area contributed by atoms with Crippen LogP contribution in [0.15, 0.2) is 67.0 Å². The zero-order valence-electron chi connectivity index (χ0n) is 18.7. The second-order valence-corrected chi connectivity index (χ2v) is 7.87. The Hall–Kier alpha value is -3.87. The molecule has 0 aliphatic carbocycles. The molecule has 1 amide bonds. The van der Waals surface area contributed by atoms with E-state index in [2.05, 4.69) is 24.3 Å². The van der Waals surface area contributed by atoms with Gasteiger partial charge in [0.25, 0.3) is 0 Å². The Morgan fingerprint density at radius 2 is 1.84 bits per heavy atom. The molecule has 0 bridgehead atoms. The third-order valence-corrected chi connectivity index (χ3v) is 5.59. The van der Waals surface area contributed by atoms with Gasteiger partial charge in [-0.25, -0.2) is 9.48 Å². The number of nitrogens with one attached hydrogen (secondary N) is 1. The zero-order valence-corrected chi connectivity index (χ0v) is 18.7. The van der Waals surface area contributed by atoms with Gasteiger partial charge in [-0.3, -0.25) is 10.00 Å². The van der Waals surface area contributed by atoms with Gasteiger partial charge >= 0.3 is 6.09 Å². The normalized spacial score (nSPS) is 11.9. The molecule has 0 aliphatic heterocycles. The molecule has 7 heteroatoms. The van der Waals surface area contributed by atoms with E-state index in [1.165, 1.54) is 5.56 Å². The van der Waals surface area contributed by atoms with Crippen molar-refractivity contribution < 1.29 is 9.53 Å². The number of amides is 1. The Kier molecular flexibility index (Phi) is 6.07. The summed E-state index contributed by atoms with van der Waals surface area (Å²) in [4.78, 5) is 12.8. The zero-order chi connectivity index (χ0) is 22.7. The van der Waals surface area contributed by atoms with Crippen LogP contribution in [0.25, 0.3) is 16.9 Å². The SMILES string of the molecule is CCC(C)c1ccc(OC(=O)Nc2c(C)c(-c3cnn(C)c3)nn2-c2ccccc2)cc1. The predicted octanol–water partition coefficient (Wildman–Crippen LogP) is 5.71. The first-order valence-corrected chi connectivity index (χ1v) is 10.7. The number of aromatic nitrogens is 4. The summed E-state index contributed by atoms with van der Waals surface area (Å²) in [7, 11) is 1.86. The van der Waals surface area contributed by atoms with Crippen LogP contribution in [-0.4, -0.2) is 25.7 Å². The second-order valence-electron chi connectivity index (χ2n) is 7.87. The van der Waals surface area contributed by atoms with E-state index < -0.39 is 6.09 Å². The molecule has 4 aromatic rings. The first kappa shape index (κ1) is 21.4. The monoisotopic (exact) mass is 429 g/mol. The van der Waals surface area contributed by atoms with Crippen molar-refractivity contribution in [3.8, 4) is 22.7 Å². The maximum atomic E-state index is 12.8. The molecule has 0 spiro atoms. The van der Waals surface area contributed by atoms with Gasteiger partial charge in [-0.2, -0.15) is 10.2 Å². The molecular weight excluding hydrogens is 402 g/mol. The molecule has 2 heterocycles. The molecule has 1 N–H and O–H groups in total. The smallest absolute Gasteiger partial charge is 0.410 e. The summed E-state index contributed by atoms with van der Waals surface area (Å²) in [6.07, 6.45) is 4.14. The van der Waals surface area contributed by atoms with Crippen molar-refractivity contribution in [2.24, 2.45) is 7.05 Å². The molecule has 1 atom stereocenters. The average molecular weight is 430 g/mol. The largest absolute Gasteiger partial charge is 0.418 e. The summed E-state index contributed by atoms with van der Waals surface area (Å²) in [5.41, 5.74) is 4.50. The molecule has 2 aromatic carbocycles. The summed E-state index contributed by atoms with van der Waals surface area (Å²) in [6.45, 7) is 6.25. The topological polar surface area (TPSA) is 74.0 Å². The van der Waals surface area contributed by atoms with Gasteiger partial charge in [-0.05, 0) is 49.1 Å². The fourth-order valence-electron chi connectivity index (χ4n) is 3.55. The van der Waals surface area contributed by atoms with Crippen molar-refractivity contribution in [3.05, 3.63) is 78.1 Å². The van der Waals surface area contributed by atoms with Crippen LogP contribution in [-0.2, 0) is 7.05 Å². The number of aryl methyl sites for hydroxylation is 1. The number of ether oxygens (including phenoxy) is 1. The molecule has 0 aliphatic rings. The van der Waals surface area contributed by atoms with Crippen LogP contribution in [0.5, 0.6) is 5.75 Å². The Balaban J connectivity index is 1.62. The van der Waals surface area contributed by atoms with Gasteiger partial charge < -0.3 is 4.74 Å². The minimum Gasteiger partial charge on any atom is -0.410 e. The van der Waals surface area contributed by atoms with Crippen LogP contribution in [0.3, 0.4) is 0 Å². The van der Waals surface area contributed by atoms with Crippen molar-refractivity contribution in [2.45, 2.75) is 33.1 Å². The number of rotatable bonds is 6. The number of carbonyl (C=O) groups excluding carboxylic acids is 1. The van der Waals surface area contributed by atoms with Crippen molar-refractivity contribution >= 4 is 11.9 Å². The number of hydrogen-bond acceptors (Lipinski definition) is 4. The minimum atomic E-state index is -0.570. The highest BCUT2D eigenvalue weighted by atomic mass is 16.6. The third kappa shape index (κ3) is 4.42. The molecule has 4 rings (SSSR count). The van der Waals surface area contributed by atoms with Gasteiger partial charge in [-0.15, -0.1) is 0 Å². The maximum Gasteiger partial charge on any atom is 0.418 e. The van der Waals surface area contributed by atoms with Crippen molar-refractivity contribution in [1.29, 1.82) is 0 Å². The number of hydrogen-bond donors (Lipinski definition) is 1. The summed E-state index contributed by atoms with van der Waals surface area (Å²) in [5, 5.41) is 11.9. The Morgan fingerprint density at radius 1 is 1.12 bits per heavy atom. The first-order valence-electron chi connectivity index (χ1n) is 10.7. The molecule has 164 valence electrons. The lowest BCUT2D eigenvalue weighted by Gasteiger charge is -2.12. The summed E-state index contributed by atoms with van der Waals surface area (Å²) < 4.78 is 8.98. The lowest BCUT2D eigenvalue weighted by Crippen LogP contribution is -2.19. The molecule has 0 saturated heterocycles. The van der Waals surface area contributed by atoms with E-state index in [-0.39, 0.29) is 0 Å². The molecule has 0 saturated carbocycles. The van der Waals surface area contributed by atoms with E-state index in [1.807, 2.05) is 74.8 Å². The van der Waals surface area contributed by atoms with E-state index in [1.54, 1.807) is 15.6 Å². The van der Waals surface area contributed by atoms with Crippen LogP contribution in [0, 0.1) is 6.92 Å². The van der Waals surface area contributed by atoms with Crippen LogP contribution in [0.2, 0.25) is 0 Å². The Labute approximate surface area is 187 Å². The van der Waals surface area contributed by atoms with Crippen molar-refractivity contribution in [1.82, 2.24) is 19.6 Å². The van der Waals surface area contributed by atoms with Crippen molar-refractivity contribution in [2.75, 3.05) is 5.32 Å². The van der Waals surface area contributed by atoms with Gasteiger partial charge in [0.15, 0.2) is 0 Å². The fraction of sp³-hybridized carbons (Fsp3) is 0.240. The highest BCUT2D eigenvalue weighted by molar-refractivity contribution is 5.88.